The second-order valence-corrected chi connectivity index (χ2v) is 5.97. The maximum Gasteiger partial charge on any atom is 0.267 e. The Morgan fingerprint density at radius 2 is 2.00 bits per heavy atom. The minimum atomic E-state index is -1.06. The molecule has 0 aliphatic carbocycles. The normalized spacial score (nSPS) is 10.9. The van der Waals surface area contributed by atoms with Gasteiger partial charge in [0.25, 0.3) is 5.91 Å². The number of aromatic amines is 1. The summed E-state index contributed by atoms with van der Waals surface area (Å²) in [6, 6.07) is 4.43. The Labute approximate surface area is 132 Å². The molecule has 3 rings (SSSR count). The van der Waals surface area contributed by atoms with E-state index in [9.17, 15) is 18.4 Å². The van der Waals surface area contributed by atoms with Crippen LogP contribution < -0.4 is 16.6 Å². The third-order valence-electron chi connectivity index (χ3n) is 3.31. The Balaban J connectivity index is 2.01. The molecule has 0 saturated carbocycles. The SMILES string of the molecule is Cc1cc(=O)[nH]c2sc(C(=O)Nc3ccc(F)c(F)c3)c(N)c12. The molecule has 0 bridgehead atoms. The van der Waals surface area contributed by atoms with Gasteiger partial charge in [-0.2, -0.15) is 0 Å². The molecule has 2 heterocycles. The molecule has 23 heavy (non-hydrogen) atoms. The fraction of sp³-hybridized carbons (Fsp3) is 0.0667. The van der Waals surface area contributed by atoms with Gasteiger partial charge in [-0.25, -0.2) is 8.78 Å². The number of carbonyl (C=O) groups is 1. The van der Waals surface area contributed by atoms with E-state index < -0.39 is 17.5 Å². The largest absolute Gasteiger partial charge is 0.397 e. The second-order valence-electron chi connectivity index (χ2n) is 4.95. The summed E-state index contributed by atoms with van der Waals surface area (Å²) in [4.78, 5) is 27.1. The van der Waals surface area contributed by atoms with Crippen molar-refractivity contribution in [2.75, 3.05) is 11.1 Å². The maximum atomic E-state index is 13.2. The number of hydrogen-bond donors (Lipinski definition) is 3. The van der Waals surface area contributed by atoms with Crippen molar-refractivity contribution in [3.05, 3.63) is 56.7 Å². The summed E-state index contributed by atoms with van der Waals surface area (Å²) in [5.41, 5.74) is 6.70. The van der Waals surface area contributed by atoms with E-state index in [2.05, 4.69) is 10.3 Å². The Kier molecular flexibility index (Phi) is 3.61. The van der Waals surface area contributed by atoms with Crippen molar-refractivity contribution in [2.24, 2.45) is 0 Å². The monoisotopic (exact) mass is 335 g/mol. The van der Waals surface area contributed by atoms with Gasteiger partial charge in [0.2, 0.25) is 5.56 Å². The Morgan fingerprint density at radius 3 is 2.70 bits per heavy atom. The summed E-state index contributed by atoms with van der Waals surface area (Å²) in [5.74, 6) is -2.63. The highest BCUT2D eigenvalue weighted by Crippen LogP contribution is 2.34. The second kappa shape index (κ2) is 5.47. The molecule has 0 aliphatic heterocycles. The van der Waals surface area contributed by atoms with E-state index >= 15 is 0 Å². The molecule has 0 atom stereocenters. The number of hydrogen-bond acceptors (Lipinski definition) is 4. The predicted octanol–water partition coefficient (Wildman–Crippen LogP) is 3.01. The molecule has 0 aliphatic rings. The van der Waals surface area contributed by atoms with Crippen LogP contribution in [0.1, 0.15) is 15.2 Å². The van der Waals surface area contributed by atoms with Crippen molar-refractivity contribution < 1.29 is 13.6 Å². The van der Waals surface area contributed by atoms with E-state index in [4.69, 9.17) is 5.73 Å². The van der Waals surface area contributed by atoms with Gasteiger partial charge in [0.15, 0.2) is 11.6 Å². The molecule has 0 radical (unpaired) electrons. The number of nitrogens with two attached hydrogens (primary N) is 1. The number of nitrogens with one attached hydrogen (secondary N) is 2. The number of amides is 1. The zero-order valence-corrected chi connectivity index (χ0v) is 12.7. The summed E-state index contributed by atoms with van der Waals surface area (Å²) in [7, 11) is 0. The van der Waals surface area contributed by atoms with E-state index in [0.717, 1.165) is 23.5 Å². The highest BCUT2D eigenvalue weighted by molar-refractivity contribution is 7.21. The molecule has 5 nitrogen and oxygen atoms in total. The summed E-state index contributed by atoms with van der Waals surface area (Å²) in [5, 5.41) is 3.06. The van der Waals surface area contributed by atoms with Crippen molar-refractivity contribution >= 4 is 38.8 Å². The molecule has 1 aromatic carbocycles. The van der Waals surface area contributed by atoms with Crippen LogP contribution in [0.5, 0.6) is 0 Å². The number of halogens is 2. The predicted molar refractivity (Wildman–Crippen MR) is 85.9 cm³/mol. The fourth-order valence-corrected chi connectivity index (χ4v) is 3.36. The molecule has 8 heteroatoms. The molecule has 4 N–H and O–H groups in total. The first kappa shape index (κ1) is 15.2. The zero-order valence-electron chi connectivity index (χ0n) is 11.9. The van der Waals surface area contributed by atoms with Crippen molar-refractivity contribution in [3.8, 4) is 0 Å². The van der Waals surface area contributed by atoms with Gasteiger partial charge >= 0.3 is 0 Å². The van der Waals surface area contributed by atoms with Crippen LogP contribution in [-0.2, 0) is 0 Å². The number of nitrogen functional groups attached to an aromatic ring is 1. The van der Waals surface area contributed by atoms with Crippen molar-refractivity contribution in [3.63, 3.8) is 0 Å². The summed E-state index contributed by atoms with van der Waals surface area (Å²) in [6.07, 6.45) is 0. The van der Waals surface area contributed by atoms with Gasteiger partial charge < -0.3 is 16.0 Å². The van der Waals surface area contributed by atoms with Gasteiger partial charge in [-0.05, 0) is 24.6 Å². The summed E-state index contributed by atoms with van der Waals surface area (Å²) < 4.78 is 26.1. The van der Waals surface area contributed by atoms with Crippen LogP contribution in [0.2, 0.25) is 0 Å². The molecule has 0 saturated heterocycles. The zero-order chi connectivity index (χ0) is 16.7. The topological polar surface area (TPSA) is 88.0 Å². The average molecular weight is 335 g/mol. The molecule has 1 amide bonds. The van der Waals surface area contributed by atoms with Gasteiger partial charge in [-0.15, -0.1) is 11.3 Å². The first-order valence-corrected chi connectivity index (χ1v) is 7.37. The molecule has 0 spiro atoms. The number of thiophene rings is 1. The number of benzene rings is 1. The van der Waals surface area contributed by atoms with Crippen molar-refractivity contribution in [1.82, 2.24) is 4.98 Å². The van der Waals surface area contributed by atoms with Gasteiger partial charge in [0.1, 0.15) is 9.71 Å². The smallest absolute Gasteiger partial charge is 0.267 e. The minimum absolute atomic E-state index is 0.107. The average Bonchev–Trinajstić information content (AvgIpc) is 2.80. The van der Waals surface area contributed by atoms with Crippen molar-refractivity contribution in [2.45, 2.75) is 6.92 Å². The molecule has 2 aromatic heterocycles. The highest BCUT2D eigenvalue weighted by atomic mass is 32.1. The number of pyridine rings is 1. The van der Waals surface area contributed by atoms with E-state index in [1.165, 1.54) is 12.1 Å². The Morgan fingerprint density at radius 1 is 1.26 bits per heavy atom. The number of rotatable bonds is 2. The van der Waals surface area contributed by atoms with Gasteiger partial charge in [0.05, 0.1) is 5.69 Å². The van der Waals surface area contributed by atoms with E-state index in [1.54, 1.807) is 6.92 Å². The van der Waals surface area contributed by atoms with Crippen LogP contribution in [0, 0.1) is 18.6 Å². The van der Waals surface area contributed by atoms with Crippen LogP contribution in [0.15, 0.2) is 29.1 Å². The minimum Gasteiger partial charge on any atom is -0.397 e. The van der Waals surface area contributed by atoms with Gasteiger partial charge in [0, 0.05) is 23.2 Å². The molecular weight excluding hydrogens is 324 g/mol. The Bertz CT molecular complexity index is 994. The van der Waals surface area contributed by atoms with Crippen LogP contribution in [-0.4, -0.2) is 10.9 Å². The van der Waals surface area contributed by atoms with Crippen LogP contribution in [0.4, 0.5) is 20.2 Å². The maximum absolute atomic E-state index is 13.2. The van der Waals surface area contributed by atoms with Gasteiger partial charge in [-0.3, -0.25) is 9.59 Å². The first-order valence-electron chi connectivity index (χ1n) is 6.55. The molecule has 0 unspecified atom stereocenters. The van der Waals surface area contributed by atoms with Crippen molar-refractivity contribution in [1.29, 1.82) is 0 Å². The quantitative estimate of drug-likeness (QED) is 0.673. The number of aryl methyl sites for hydroxylation is 1. The lowest BCUT2D eigenvalue weighted by molar-refractivity contribution is 0.103. The van der Waals surface area contributed by atoms with Crippen LogP contribution in [0.3, 0.4) is 0 Å². The number of fused-ring (bicyclic) bond motifs is 1. The van der Waals surface area contributed by atoms with Crippen LogP contribution in [0.25, 0.3) is 10.2 Å². The van der Waals surface area contributed by atoms with E-state index in [-0.39, 0.29) is 21.8 Å². The standard InChI is InChI=1S/C15H11F2N3O2S/c1-6-4-10(21)20-15-11(6)12(18)13(23-15)14(22)19-7-2-3-8(16)9(17)5-7/h2-5H,18H2,1H3,(H,19,22)(H,20,21). The molecule has 0 fully saturated rings. The molecular formula is C15H11F2N3O2S. The summed E-state index contributed by atoms with van der Waals surface area (Å²) in [6.45, 7) is 1.72. The molecule has 118 valence electrons. The lowest BCUT2D eigenvalue weighted by atomic mass is 10.1. The fourth-order valence-electron chi connectivity index (χ4n) is 2.27. The number of H-pyrrole nitrogens is 1. The number of carbonyl (C=O) groups excluding carboxylic acids is 1. The van der Waals surface area contributed by atoms with E-state index in [0.29, 0.717) is 15.8 Å². The summed E-state index contributed by atoms with van der Waals surface area (Å²) >= 11 is 1.03. The highest BCUT2D eigenvalue weighted by Gasteiger charge is 2.19. The number of anilines is 2. The van der Waals surface area contributed by atoms with E-state index in [1.807, 2.05) is 0 Å². The van der Waals surface area contributed by atoms with Crippen LogP contribution >= 0.6 is 11.3 Å². The lowest BCUT2D eigenvalue weighted by Crippen LogP contribution is -2.12. The lowest BCUT2D eigenvalue weighted by Gasteiger charge is -2.05. The first-order chi connectivity index (χ1) is 10.9. The van der Waals surface area contributed by atoms with Gasteiger partial charge in [-0.1, -0.05) is 0 Å². The Hall–Kier alpha value is -2.74. The molecule has 3 aromatic rings. The third-order valence-corrected chi connectivity index (χ3v) is 4.43. The third kappa shape index (κ3) is 2.68. The number of aromatic nitrogens is 1.